The van der Waals surface area contributed by atoms with E-state index in [0.29, 0.717) is 5.92 Å². The van der Waals surface area contributed by atoms with Crippen LogP contribution in [-0.2, 0) is 0 Å². The molecule has 1 atom stereocenters. The minimum absolute atomic E-state index is 0.0839. The molecular weight excluding hydrogens is 261 g/mol. The number of hydrogen-bond acceptors (Lipinski definition) is 1. The Labute approximate surface area is 98.8 Å². The van der Waals surface area contributed by atoms with Gasteiger partial charge >= 0.3 is 0 Å². The average Bonchev–Trinajstić information content (AvgIpc) is 2.08. The fraction of sp³-hybridized carbons (Fsp3) is 0.455. The molecule has 0 aliphatic rings. The van der Waals surface area contributed by atoms with Crippen LogP contribution < -0.4 is 5.73 Å². The molecule has 0 amide bonds. The van der Waals surface area contributed by atoms with E-state index < -0.39 is 0 Å². The second-order valence-corrected chi connectivity index (χ2v) is 5.17. The maximum absolute atomic E-state index is 6.04. The van der Waals surface area contributed by atoms with E-state index in [-0.39, 0.29) is 6.04 Å². The summed E-state index contributed by atoms with van der Waals surface area (Å²) in [6.45, 7) is 4.33. The lowest BCUT2D eigenvalue weighted by Crippen LogP contribution is -2.12. The Hall–Kier alpha value is -0.0500. The molecule has 1 rings (SSSR count). The summed E-state index contributed by atoms with van der Waals surface area (Å²) < 4.78 is 0.916. The molecule has 0 aromatic heterocycles. The Morgan fingerprint density at radius 1 is 1.43 bits per heavy atom. The van der Waals surface area contributed by atoms with E-state index in [2.05, 4.69) is 29.8 Å². The zero-order valence-corrected chi connectivity index (χ0v) is 10.8. The van der Waals surface area contributed by atoms with Gasteiger partial charge in [0, 0.05) is 10.5 Å². The molecule has 0 heterocycles. The van der Waals surface area contributed by atoms with Gasteiger partial charge in [0.1, 0.15) is 0 Å². The molecule has 0 saturated heterocycles. The summed E-state index contributed by atoms with van der Waals surface area (Å²) in [7, 11) is 0. The van der Waals surface area contributed by atoms with Crippen molar-refractivity contribution in [3.8, 4) is 0 Å². The van der Waals surface area contributed by atoms with Gasteiger partial charge in [-0.15, -0.1) is 0 Å². The zero-order valence-electron chi connectivity index (χ0n) is 8.43. The lowest BCUT2D eigenvalue weighted by molar-refractivity contribution is 0.510. The maximum Gasteiger partial charge on any atom is 0.0551 e. The molecule has 0 radical (unpaired) electrons. The van der Waals surface area contributed by atoms with Crippen LogP contribution in [0.4, 0.5) is 0 Å². The topological polar surface area (TPSA) is 26.0 Å². The Morgan fingerprint density at radius 3 is 2.57 bits per heavy atom. The Balaban J connectivity index is 2.80. The molecule has 1 nitrogen and oxygen atoms in total. The first kappa shape index (κ1) is 12.0. The molecule has 0 saturated carbocycles. The highest BCUT2D eigenvalue weighted by Crippen LogP contribution is 2.27. The summed E-state index contributed by atoms with van der Waals surface area (Å²) >= 11 is 9.35. The molecule has 2 N–H and O–H groups in total. The number of hydrogen-bond donors (Lipinski definition) is 1. The monoisotopic (exact) mass is 275 g/mol. The Bertz CT molecular complexity index is 312. The van der Waals surface area contributed by atoms with Crippen molar-refractivity contribution in [3.05, 3.63) is 33.3 Å². The van der Waals surface area contributed by atoms with Crippen molar-refractivity contribution in [2.45, 2.75) is 26.3 Å². The van der Waals surface area contributed by atoms with E-state index in [1.165, 1.54) is 0 Å². The first-order valence-electron chi connectivity index (χ1n) is 4.71. The fourth-order valence-electron chi connectivity index (χ4n) is 1.39. The molecule has 0 bridgehead atoms. The lowest BCUT2D eigenvalue weighted by atomic mass is 9.98. The van der Waals surface area contributed by atoms with Crippen LogP contribution in [-0.4, -0.2) is 0 Å². The van der Waals surface area contributed by atoms with Gasteiger partial charge in [0.25, 0.3) is 0 Å². The van der Waals surface area contributed by atoms with Crippen molar-refractivity contribution in [2.24, 2.45) is 11.7 Å². The minimum atomic E-state index is 0.0839. The van der Waals surface area contributed by atoms with E-state index in [1.54, 1.807) is 0 Å². The smallest absolute Gasteiger partial charge is 0.0551 e. The molecule has 78 valence electrons. The van der Waals surface area contributed by atoms with Gasteiger partial charge in [0.05, 0.1) is 5.02 Å². The fourth-order valence-corrected chi connectivity index (χ4v) is 1.82. The number of benzene rings is 1. The van der Waals surface area contributed by atoms with Gasteiger partial charge in [0.15, 0.2) is 0 Å². The zero-order chi connectivity index (χ0) is 10.7. The highest BCUT2D eigenvalue weighted by molar-refractivity contribution is 9.10. The molecule has 1 aromatic rings. The van der Waals surface area contributed by atoms with Crippen LogP contribution in [0.2, 0.25) is 5.02 Å². The summed E-state index contributed by atoms with van der Waals surface area (Å²) in [5, 5.41) is 0.724. The van der Waals surface area contributed by atoms with Gasteiger partial charge in [-0.2, -0.15) is 0 Å². The predicted molar refractivity (Wildman–Crippen MR) is 65.5 cm³/mol. The van der Waals surface area contributed by atoms with Crippen LogP contribution >= 0.6 is 27.5 Å². The molecule has 0 aliphatic carbocycles. The van der Waals surface area contributed by atoms with Gasteiger partial charge in [-0.3, -0.25) is 0 Å². The van der Waals surface area contributed by atoms with Gasteiger partial charge in [-0.1, -0.05) is 31.5 Å². The van der Waals surface area contributed by atoms with Crippen molar-refractivity contribution >= 4 is 27.5 Å². The molecule has 1 unspecified atom stereocenters. The van der Waals surface area contributed by atoms with E-state index in [9.17, 15) is 0 Å². The first-order chi connectivity index (χ1) is 6.50. The summed E-state index contributed by atoms with van der Waals surface area (Å²) in [4.78, 5) is 0. The first-order valence-corrected chi connectivity index (χ1v) is 5.88. The van der Waals surface area contributed by atoms with Crippen LogP contribution in [0.3, 0.4) is 0 Å². The molecule has 0 spiro atoms. The van der Waals surface area contributed by atoms with E-state index in [1.807, 2.05) is 18.2 Å². The van der Waals surface area contributed by atoms with Crippen molar-refractivity contribution < 1.29 is 0 Å². The average molecular weight is 277 g/mol. The summed E-state index contributed by atoms with van der Waals surface area (Å²) in [5.74, 6) is 0.604. The van der Waals surface area contributed by atoms with Gasteiger partial charge in [-0.05, 0) is 46.0 Å². The van der Waals surface area contributed by atoms with Gasteiger partial charge in [-0.25, -0.2) is 0 Å². The molecule has 14 heavy (non-hydrogen) atoms. The van der Waals surface area contributed by atoms with Crippen LogP contribution in [0.25, 0.3) is 0 Å². The van der Waals surface area contributed by atoms with Crippen molar-refractivity contribution in [2.75, 3.05) is 0 Å². The van der Waals surface area contributed by atoms with E-state index >= 15 is 0 Å². The second kappa shape index (κ2) is 5.15. The summed E-state index contributed by atoms with van der Waals surface area (Å²) in [6.07, 6.45) is 0.984. The van der Waals surface area contributed by atoms with Crippen molar-refractivity contribution in [1.82, 2.24) is 0 Å². The molecular formula is C11H15BrClN. The summed E-state index contributed by atoms with van der Waals surface area (Å²) in [6, 6.07) is 5.97. The van der Waals surface area contributed by atoms with Crippen molar-refractivity contribution in [3.63, 3.8) is 0 Å². The van der Waals surface area contributed by atoms with Gasteiger partial charge in [0.2, 0.25) is 0 Å². The Kier molecular flexibility index (Phi) is 4.42. The number of halogens is 2. The lowest BCUT2D eigenvalue weighted by Gasteiger charge is -2.14. The third-order valence-corrected chi connectivity index (χ3v) is 3.33. The quantitative estimate of drug-likeness (QED) is 0.882. The molecule has 0 fully saturated rings. The number of nitrogens with two attached hydrogens (primary N) is 1. The molecule has 1 aromatic carbocycles. The highest BCUT2D eigenvalue weighted by Gasteiger charge is 2.09. The summed E-state index contributed by atoms with van der Waals surface area (Å²) in [5.41, 5.74) is 7.14. The molecule has 0 aliphatic heterocycles. The third kappa shape index (κ3) is 3.26. The second-order valence-electron chi connectivity index (χ2n) is 3.91. The van der Waals surface area contributed by atoms with Crippen LogP contribution in [0, 0.1) is 5.92 Å². The van der Waals surface area contributed by atoms with Crippen molar-refractivity contribution in [1.29, 1.82) is 0 Å². The number of rotatable bonds is 3. The minimum Gasteiger partial charge on any atom is -0.324 e. The van der Waals surface area contributed by atoms with E-state index in [4.69, 9.17) is 17.3 Å². The highest BCUT2D eigenvalue weighted by atomic mass is 79.9. The largest absolute Gasteiger partial charge is 0.324 e. The SMILES string of the molecule is CC(C)CC(N)c1ccc(Br)c(Cl)c1. The van der Waals surface area contributed by atoms with E-state index in [0.717, 1.165) is 21.5 Å². The van der Waals surface area contributed by atoms with Crippen LogP contribution in [0.5, 0.6) is 0 Å². The predicted octanol–water partition coefficient (Wildman–Crippen LogP) is 4.15. The van der Waals surface area contributed by atoms with Crippen LogP contribution in [0.15, 0.2) is 22.7 Å². The third-order valence-electron chi connectivity index (χ3n) is 2.10. The standard InChI is InChI=1S/C11H15BrClN/c1-7(2)5-11(14)8-3-4-9(12)10(13)6-8/h3-4,6-7,11H,5,14H2,1-2H3. The maximum atomic E-state index is 6.04. The van der Waals surface area contributed by atoms with Crippen LogP contribution in [0.1, 0.15) is 31.9 Å². The van der Waals surface area contributed by atoms with Gasteiger partial charge < -0.3 is 5.73 Å². The Morgan fingerprint density at radius 2 is 2.07 bits per heavy atom. The normalized spacial score (nSPS) is 13.3. The molecule has 3 heteroatoms.